The van der Waals surface area contributed by atoms with Gasteiger partial charge in [0.05, 0.1) is 17.3 Å². The third-order valence-corrected chi connectivity index (χ3v) is 6.37. The van der Waals surface area contributed by atoms with Crippen LogP contribution in [0.4, 0.5) is 18.0 Å². The van der Waals surface area contributed by atoms with Crippen LogP contribution in [0.2, 0.25) is 0 Å². The van der Waals surface area contributed by atoms with Gasteiger partial charge in [0.2, 0.25) is 0 Å². The summed E-state index contributed by atoms with van der Waals surface area (Å²) < 4.78 is 46.6. The van der Waals surface area contributed by atoms with Crippen LogP contribution in [0.15, 0.2) is 6.20 Å². The van der Waals surface area contributed by atoms with Gasteiger partial charge in [0.15, 0.2) is 11.4 Å². The highest BCUT2D eigenvalue weighted by Crippen LogP contribution is 2.55. The summed E-state index contributed by atoms with van der Waals surface area (Å²) in [7, 11) is 0. The fourth-order valence-electron chi connectivity index (χ4n) is 5.66. The molecule has 0 aromatic carbocycles. The number of hydrogen-bond acceptors (Lipinski definition) is 4. The van der Waals surface area contributed by atoms with Crippen LogP contribution in [-0.4, -0.2) is 32.6 Å². The summed E-state index contributed by atoms with van der Waals surface area (Å²) in [6.45, 7) is 4.79. The number of aliphatic hydroxyl groups is 1. The molecule has 1 aromatic heterocycles. The summed E-state index contributed by atoms with van der Waals surface area (Å²) >= 11 is 0. The van der Waals surface area contributed by atoms with Gasteiger partial charge in [0.25, 0.3) is 0 Å². The minimum absolute atomic E-state index is 0.142. The van der Waals surface area contributed by atoms with Gasteiger partial charge in [0, 0.05) is 6.04 Å². The van der Waals surface area contributed by atoms with Crippen molar-refractivity contribution in [1.29, 1.82) is 0 Å². The molecule has 28 heavy (non-hydrogen) atoms. The molecular formula is C19H26F3N3O3. The number of aromatic nitrogens is 2. The lowest BCUT2D eigenvalue weighted by Gasteiger charge is -2.57. The summed E-state index contributed by atoms with van der Waals surface area (Å²) in [6, 6.07) is -0.170. The van der Waals surface area contributed by atoms with Crippen molar-refractivity contribution < 1.29 is 27.8 Å². The van der Waals surface area contributed by atoms with E-state index in [0.29, 0.717) is 18.8 Å². The molecule has 5 atom stereocenters. The Labute approximate surface area is 161 Å². The second-order valence-corrected chi connectivity index (χ2v) is 9.69. The first-order valence-corrected chi connectivity index (χ1v) is 9.72. The molecule has 0 radical (unpaired) electrons. The van der Waals surface area contributed by atoms with Crippen LogP contribution < -0.4 is 10.1 Å². The maximum Gasteiger partial charge on any atom is 0.436 e. The number of carbonyl (C=O) groups excluding carboxylic acids is 1. The molecule has 5 rings (SSSR count). The minimum Gasteiger partial charge on any atom is -0.406 e. The summed E-state index contributed by atoms with van der Waals surface area (Å²) in [4.78, 5) is 12.4. The molecule has 4 aliphatic rings. The number of amides is 1. The van der Waals surface area contributed by atoms with Gasteiger partial charge in [-0.15, -0.1) is 0 Å². The number of hydrogen-bond donors (Lipinski definition) is 2. The number of nitrogens with one attached hydrogen (secondary N) is 1. The number of carbonyl (C=O) groups is 1. The SMILES string of the molecule is CC(C)(C)n1ncc(OC(=O)NC2[C@@H]3CC4C[C@H]2CC(O)(C4)C3)c1C(F)(F)F. The van der Waals surface area contributed by atoms with Gasteiger partial charge in [-0.25, -0.2) is 4.79 Å². The van der Waals surface area contributed by atoms with E-state index in [4.69, 9.17) is 4.74 Å². The Balaban J connectivity index is 1.50. The monoisotopic (exact) mass is 401 g/mol. The normalized spacial score (nSPS) is 34.5. The molecule has 9 heteroatoms. The highest BCUT2D eigenvalue weighted by atomic mass is 19.4. The molecule has 6 nitrogen and oxygen atoms in total. The average molecular weight is 401 g/mol. The molecule has 0 saturated heterocycles. The van der Waals surface area contributed by atoms with Crippen LogP contribution in [0.1, 0.15) is 58.6 Å². The maximum atomic E-state index is 13.6. The van der Waals surface area contributed by atoms with Crippen LogP contribution in [-0.2, 0) is 11.7 Å². The Bertz CT molecular complexity index is 768. The molecule has 0 spiro atoms. The van der Waals surface area contributed by atoms with Crippen molar-refractivity contribution in [3.63, 3.8) is 0 Å². The number of rotatable bonds is 2. The van der Waals surface area contributed by atoms with E-state index in [1.165, 1.54) is 0 Å². The van der Waals surface area contributed by atoms with Gasteiger partial charge in [-0.05, 0) is 70.6 Å². The van der Waals surface area contributed by atoms with Crippen molar-refractivity contribution in [3.05, 3.63) is 11.9 Å². The molecule has 3 unspecified atom stereocenters. The van der Waals surface area contributed by atoms with Gasteiger partial charge in [0.1, 0.15) is 0 Å². The van der Waals surface area contributed by atoms with Crippen molar-refractivity contribution in [2.45, 2.75) is 76.2 Å². The Kier molecular flexibility index (Phi) is 4.27. The first-order valence-electron chi connectivity index (χ1n) is 9.72. The minimum atomic E-state index is -4.70. The molecule has 4 bridgehead atoms. The largest absolute Gasteiger partial charge is 0.436 e. The quantitative estimate of drug-likeness (QED) is 0.793. The van der Waals surface area contributed by atoms with Crippen LogP contribution in [0.25, 0.3) is 0 Å². The third kappa shape index (κ3) is 3.38. The van der Waals surface area contributed by atoms with Crippen molar-refractivity contribution in [2.24, 2.45) is 17.8 Å². The van der Waals surface area contributed by atoms with Crippen LogP contribution >= 0.6 is 0 Å². The lowest BCUT2D eigenvalue weighted by molar-refractivity contribution is -0.147. The predicted molar refractivity (Wildman–Crippen MR) is 93.7 cm³/mol. The average Bonchev–Trinajstić information content (AvgIpc) is 2.93. The zero-order valence-electron chi connectivity index (χ0n) is 16.2. The molecule has 1 amide bonds. The molecule has 4 aliphatic carbocycles. The van der Waals surface area contributed by atoms with E-state index >= 15 is 0 Å². The van der Waals surface area contributed by atoms with E-state index in [9.17, 15) is 23.1 Å². The lowest BCUT2D eigenvalue weighted by Crippen LogP contribution is -2.61. The zero-order valence-corrected chi connectivity index (χ0v) is 16.2. The van der Waals surface area contributed by atoms with Gasteiger partial charge in [-0.2, -0.15) is 18.3 Å². The van der Waals surface area contributed by atoms with Gasteiger partial charge in [-0.3, -0.25) is 4.68 Å². The van der Waals surface area contributed by atoms with Gasteiger partial charge in [-0.1, -0.05) is 0 Å². The predicted octanol–water partition coefficient (Wildman–Crippen LogP) is 3.68. The fourth-order valence-corrected chi connectivity index (χ4v) is 5.66. The van der Waals surface area contributed by atoms with E-state index in [1.807, 2.05) is 0 Å². The Morgan fingerprint density at radius 1 is 1.25 bits per heavy atom. The number of halogens is 3. The standard InChI is InChI=1S/C19H26F3N3O3/c1-17(2,3)25-15(19(20,21)22)13(9-23-25)28-16(26)24-14-11-4-10-5-12(14)8-18(27,6-10)7-11/h9-12,14,27H,4-8H2,1-3H3,(H,24,26)/t10?,11-,12+,14?,18?. The lowest BCUT2D eigenvalue weighted by atomic mass is 9.52. The Morgan fingerprint density at radius 2 is 1.86 bits per heavy atom. The van der Waals surface area contributed by atoms with Crippen LogP contribution in [0.3, 0.4) is 0 Å². The molecule has 156 valence electrons. The van der Waals surface area contributed by atoms with Crippen molar-refractivity contribution in [1.82, 2.24) is 15.1 Å². The summed E-state index contributed by atoms with van der Waals surface area (Å²) in [5.41, 5.74) is -2.63. The number of nitrogens with zero attached hydrogens (tertiary/aromatic N) is 2. The number of ether oxygens (including phenoxy) is 1. The van der Waals surface area contributed by atoms with E-state index in [-0.39, 0.29) is 17.9 Å². The third-order valence-electron chi connectivity index (χ3n) is 6.37. The van der Waals surface area contributed by atoms with Crippen molar-refractivity contribution in [2.75, 3.05) is 0 Å². The Hall–Kier alpha value is -1.77. The molecule has 4 saturated carbocycles. The van der Waals surface area contributed by atoms with E-state index in [2.05, 4.69) is 10.4 Å². The van der Waals surface area contributed by atoms with Crippen molar-refractivity contribution >= 4 is 6.09 Å². The molecule has 1 aromatic rings. The second kappa shape index (κ2) is 6.11. The molecule has 2 N–H and O–H groups in total. The second-order valence-electron chi connectivity index (χ2n) is 9.69. The topological polar surface area (TPSA) is 76.4 Å². The van der Waals surface area contributed by atoms with Crippen LogP contribution in [0.5, 0.6) is 5.75 Å². The summed E-state index contributed by atoms with van der Waals surface area (Å²) in [5.74, 6) is 0.159. The molecule has 1 heterocycles. The first kappa shape index (κ1) is 19.5. The van der Waals surface area contributed by atoms with E-state index < -0.39 is 34.9 Å². The fraction of sp³-hybridized carbons (Fsp3) is 0.789. The highest BCUT2D eigenvalue weighted by molar-refractivity contribution is 5.71. The van der Waals surface area contributed by atoms with Gasteiger partial charge >= 0.3 is 12.3 Å². The smallest absolute Gasteiger partial charge is 0.406 e. The molecule has 4 fully saturated rings. The van der Waals surface area contributed by atoms with Crippen LogP contribution in [0, 0.1) is 17.8 Å². The first-order chi connectivity index (χ1) is 12.9. The van der Waals surface area contributed by atoms with Gasteiger partial charge < -0.3 is 15.2 Å². The maximum absolute atomic E-state index is 13.6. The van der Waals surface area contributed by atoms with E-state index in [0.717, 1.165) is 30.1 Å². The Morgan fingerprint density at radius 3 is 2.36 bits per heavy atom. The molecule has 0 aliphatic heterocycles. The van der Waals surface area contributed by atoms with Crippen molar-refractivity contribution in [3.8, 4) is 5.75 Å². The summed E-state index contributed by atoms with van der Waals surface area (Å²) in [6.07, 6.45) is -0.736. The zero-order chi connectivity index (χ0) is 20.5. The number of alkyl halides is 3. The highest BCUT2D eigenvalue weighted by Gasteiger charge is 2.55. The molecular weight excluding hydrogens is 375 g/mol. The van der Waals surface area contributed by atoms with E-state index in [1.54, 1.807) is 20.8 Å². The summed E-state index contributed by atoms with van der Waals surface area (Å²) in [5, 5.41) is 17.2.